The van der Waals surface area contributed by atoms with E-state index in [0.717, 1.165) is 38.1 Å². The second-order valence-corrected chi connectivity index (χ2v) is 4.76. The normalized spacial score (nSPS) is 28.1. The van der Waals surface area contributed by atoms with E-state index in [1.165, 1.54) is 0 Å². The summed E-state index contributed by atoms with van der Waals surface area (Å²) in [5, 5.41) is 9.59. The topological polar surface area (TPSA) is 36.6 Å². The molecule has 0 bridgehead atoms. The molecule has 0 aliphatic carbocycles. The van der Waals surface area contributed by atoms with Crippen molar-refractivity contribution in [2.45, 2.75) is 19.3 Å². The van der Waals surface area contributed by atoms with Crippen LogP contribution in [0.25, 0.3) is 0 Å². The lowest BCUT2D eigenvalue weighted by molar-refractivity contribution is 0.0398. The molecule has 0 saturated carbocycles. The molecule has 0 aromatic carbocycles. The van der Waals surface area contributed by atoms with Gasteiger partial charge in [-0.3, -0.25) is 0 Å². The van der Waals surface area contributed by atoms with Gasteiger partial charge in [-0.25, -0.2) is 0 Å². The van der Waals surface area contributed by atoms with Crippen LogP contribution in [-0.2, 0) is 6.42 Å². The van der Waals surface area contributed by atoms with Gasteiger partial charge in [-0.1, -0.05) is 0 Å². The van der Waals surface area contributed by atoms with Crippen molar-refractivity contribution in [1.82, 2.24) is 4.90 Å². The van der Waals surface area contributed by atoms with Crippen LogP contribution in [0.3, 0.4) is 0 Å². The number of aliphatic hydroxyl groups is 1. The molecule has 0 spiro atoms. The van der Waals surface area contributed by atoms with Crippen LogP contribution in [0, 0.1) is 5.41 Å². The average molecular weight is 209 g/mol. The molecule has 1 saturated heterocycles. The van der Waals surface area contributed by atoms with E-state index < -0.39 is 0 Å². The van der Waals surface area contributed by atoms with E-state index in [1.54, 1.807) is 6.26 Å². The zero-order valence-electron chi connectivity index (χ0n) is 9.28. The summed E-state index contributed by atoms with van der Waals surface area (Å²) in [6, 6.07) is 3.90. The van der Waals surface area contributed by atoms with Crippen molar-refractivity contribution in [3.63, 3.8) is 0 Å². The summed E-state index contributed by atoms with van der Waals surface area (Å²) in [6.45, 7) is 2.35. The molecule has 1 aliphatic rings. The predicted molar refractivity (Wildman–Crippen MR) is 58.7 cm³/mol. The maximum absolute atomic E-state index is 9.59. The number of furan rings is 1. The van der Waals surface area contributed by atoms with E-state index in [0.29, 0.717) is 0 Å². The van der Waals surface area contributed by atoms with Crippen molar-refractivity contribution < 1.29 is 9.52 Å². The molecule has 1 fully saturated rings. The second kappa shape index (κ2) is 4.37. The second-order valence-electron chi connectivity index (χ2n) is 4.76. The Morgan fingerprint density at radius 1 is 1.60 bits per heavy atom. The highest BCUT2D eigenvalue weighted by Crippen LogP contribution is 2.32. The van der Waals surface area contributed by atoms with Crippen LogP contribution in [0.2, 0.25) is 0 Å². The summed E-state index contributed by atoms with van der Waals surface area (Å²) in [4.78, 5) is 2.29. The highest BCUT2D eigenvalue weighted by molar-refractivity contribution is 5.03. The minimum Gasteiger partial charge on any atom is -0.469 e. The standard InChI is InChI=1S/C12H19NO2/c1-13-6-3-5-12(9-13,10-14)8-11-4-2-7-15-11/h2,4,7,14H,3,5-6,8-10H2,1H3. The Morgan fingerprint density at radius 3 is 3.07 bits per heavy atom. The number of nitrogens with zero attached hydrogens (tertiary/aromatic N) is 1. The van der Waals surface area contributed by atoms with Gasteiger partial charge in [-0.05, 0) is 38.6 Å². The van der Waals surface area contributed by atoms with Gasteiger partial charge < -0.3 is 14.4 Å². The molecule has 1 unspecified atom stereocenters. The lowest BCUT2D eigenvalue weighted by Crippen LogP contribution is -2.44. The molecule has 2 rings (SSSR count). The predicted octanol–water partition coefficient (Wildman–Crippen LogP) is 1.53. The van der Waals surface area contributed by atoms with Crippen LogP contribution in [0.1, 0.15) is 18.6 Å². The third kappa shape index (κ3) is 2.41. The number of hydrogen-bond donors (Lipinski definition) is 1. The quantitative estimate of drug-likeness (QED) is 0.820. The molecule has 2 heterocycles. The van der Waals surface area contributed by atoms with E-state index >= 15 is 0 Å². The van der Waals surface area contributed by atoms with Crippen LogP contribution >= 0.6 is 0 Å². The Balaban J connectivity index is 2.07. The van der Waals surface area contributed by atoms with Gasteiger partial charge in [0.15, 0.2) is 0 Å². The van der Waals surface area contributed by atoms with Crippen LogP contribution in [-0.4, -0.2) is 36.8 Å². The molecule has 1 aromatic rings. The van der Waals surface area contributed by atoms with Crippen molar-refractivity contribution in [2.24, 2.45) is 5.41 Å². The number of aliphatic hydroxyl groups excluding tert-OH is 1. The van der Waals surface area contributed by atoms with Gasteiger partial charge >= 0.3 is 0 Å². The maximum atomic E-state index is 9.59. The van der Waals surface area contributed by atoms with Crippen LogP contribution in [0.15, 0.2) is 22.8 Å². The molecular formula is C12H19NO2. The highest BCUT2D eigenvalue weighted by atomic mass is 16.3. The minimum atomic E-state index is 0.00481. The first kappa shape index (κ1) is 10.7. The Kier molecular flexibility index (Phi) is 3.12. The lowest BCUT2D eigenvalue weighted by Gasteiger charge is -2.39. The number of rotatable bonds is 3. The molecule has 15 heavy (non-hydrogen) atoms. The summed E-state index contributed by atoms with van der Waals surface area (Å²) >= 11 is 0. The minimum absolute atomic E-state index is 0.00481. The first-order valence-electron chi connectivity index (χ1n) is 5.56. The Hall–Kier alpha value is -0.800. The fourth-order valence-electron chi connectivity index (χ4n) is 2.57. The van der Waals surface area contributed by atoms with Gasteiger partial charge in [0, 0.05) is 18.4 Å². The molecule has 1 aromatic heterocycles. The van der Waals surface area contributed by atoms with Crippen molar-refractivity contribution in [3.8, 4) is 0 Å². The molecule has 1 N–H and O–H groups in total. The van der Waals surface area contributed by atoms with E-state index in [-0.39, 0.29) is 12.0 Å². The molecule has 0 radical (unpaired) electrons. The lowest BCUT2D eigenvalue weighted by atomic mass is 9.77. The third-order valence-electron chi connectivity index (χ3n) is 3.32. The average Bonchev–Trinajstić information content (AvgIpc) is 2.70. The van der Waals surface area contributed by atoms with Crippen LogP contribution < -0.4 is 0 Å². The van der Waals surface area contributed by atoms with Gasteiger partial charge in [-0.15, -0.1) is 0 Å². The number of piperidine rings is 1. The Labute approximate surface area is 90.7 Å². The van der Waals surface area contributed by atoms with Crippen LogP contribution in [0.4, 0.5) is 0 Å². The molecule has 3 nitrogen and oxygen atoms in total. The zero-order chi connectivity index (χ0) is 10.7. The Bertz CT molecular complexity index is 297. The molecule has 1 aliphatic heterocycles. The van der Waals surface area contributed by atoms with Crippen molar-refractivity contribution >= 4 is 0 Å². The van der Waals surface area contributed by atoms with E-state index in [4.69, 9.17) is 4.42 Å². The summed E-state index contributed by atoms with van der Waals surface area (Å²) < 4.78 is 5.37. The molecule has 1 atom stereocenters. The summed E-state index contributed by atoms with van der Waals surface area (Å²) in [7, 11) is 2.12. The number of hydrogen-bond acceptors (Lipinski definition) is 3. The largest absolute Gasteiger partial charge is 0.469 e. The van der Waals surface area contributed by atoms with Gasteiger partial charge in [0.1, 0.15) is 5.76 Å². The monoisotopic (exact) mass is 209 g/mol. The van der Waals surface area contributed by atoms with E-state index in [2.05, 4.69) is 11.9 Å². The summed E-state index contributed by atoms with van der Waals surface area (Å²) in [5.74, 6) is 0.986. The van der Waals surface area contributed by atoms with Gasteiger partial charge in [0.05, 0.1) is 12.9 Å². The van der Waals surface area contributed by atoms with Crippen molar-refractivity contribution in [2.75, 3.05) is 26.7 Å². The Morgan fingerprint density at radius 2 is 2.47 bits per heavy atom. The number of likely N-dealkylation sites (tertiary alicyclic amines) is 1. The maximum Gasteiger partial charge on any atom is 0.104 e. The highest BCUT2D eigenvalue weighted by Gasteiger charge is 2.34. The van der Waals surface area contributed by atoms with E-state index in [9.17, 15) is 5.11 Å². The van der Waals surface area contributed by atoms with Crippen molar-refractivity contribution in [1.29, 1.82) is 0 Å². The first-order chi connectivity index (χ1) is 7.24. The summed E-state index contributed by atoms with van der Waals surface area (Å²) in [5.41, 5.74) is 0.00481. The fourth-order valence-corrected chi connectivity index (χ4v) is 2.57. The molecule has 3 heteroatoms. The molecular weight excluding hydrogens is 190 g/mol. The van der Waals surface area contributed by atoms with Gasteiger partial charge in [0.2, 0.25) is 0 Å². The van der Waals surface area contributed by atoms with Gasteiger partial charge in [-0.2, -0.15) is 0 Å². The first-order valence-corrected chi connectivity index (χ1v) is 5.56. The summed E-state index contributed by atoms with van der Waals surface area (Å²) in [6.07, 6.45) is 4.81. The molecule has 0 amide bonds. The SMILES string of the molecule is CN1CCCC(CO)(Cc2ccco2)C1. The van der Waals surface area contributed by atoms with E-state index in [1.807, 2.05) is 12.1 Å². The smallest absolute Gasteiger partial charge is 0.104 e. The fraction of sp³-hybridized carbons (Fsp3) is 0.667. The molecule has 84 valence electrons. The zero-order valence-corrected chi connectivity index (χ0v) is 9.28. The van der Waals surface area contributed by atoms with Crippen molar-refractivity contribution in [3.05, 3.63) is 24.2 Å². The van der Waals surface area contributed by atoms with Gasteiger partial charge in [0.25, 0.3) is 0 Å². The van der Waals surface area contributed by atoms with Crippen LogP contribution in [0.5, 0.6) is 0 Å². The third-order valence-corrected chi connectivity index (χ3v) is 3.32.